The maximum absolute atomic E-state index is 12.8. The minimum Gasteiger partial charge on any atom is -0.394 e. The highest BCUT2D eigenvalue weighted by Gasteiger charge is 2.39. The zero-order chi connectivity index (χ0) is 14.9. The molecular weight excluding hydrogens is 256 g/mol. The van der Waals surface area contributed by atoms with Crippen molar-refractivity contribution in [2.45, 2.75) is 51.9 Å². The van der Waals surface area contributed by atoms with Crippen molar-refractivity contribution >= 4 is 5.91 Å². The largest absolute Gasteiger partial charge is 0.394 e. The SMILES string of the molecule is CC1CN(C(=O)C2CC(N)C(C)CC2C)CC(CO)O1. The highest BCUT2D eigenvalue weighted by atomic mass is 16.5. The van der Waals surface area contributed by atoms with Gasteiger partial charge >= 0.3 is 0 Å². The van der Waals surface area contributed by atoms with Gasteiger partial charge in [0, 0.05) is 25.0 Å². The molecule has 0 radical (unpaired) electrons. The van der Waals surface area contributed by atoms with Gasteiger partial charge in [0.05, 0.1) is 18.8 Å². The number of hydrogen-bond donors (Lipinski definition) is 2. The van der Waals surface area contributed by atoms with Crippen LogP contribution in [0.1, 0.15) is 33.6 Å². The van der Waals surface area contributed by atoms with E-state index in [0.29, 0.717) is 24.9 Å². The van der Waals surface area contributed by atoms with Crippen molar-refractivity contribution in [3.8, 4) is 0 Å². The van der Waals surface area contributed by atoms with Gasteiger partial charge in [-0.2, -0.15) is 0 Å². The van der Waals surface area contributed by atoms with Crippen molar-refractivity contribution in [2.24, 2.45) is 23.5 Å². The lowest BCUT2D eigenvalue weighted by molar-refractivity contribution is -0.154. The summed E-state index contributed by atoms with van der Waals surface area (Å²) in [6, 6.07) is 0.118. The Hall–Kier alpha value is -0.650. The molecule has 0 aromatic carbocycles. The zero-order valence-corrected chi connectivity index (χ0v) is 12.8. The highest BCUT2D eigenvalue weighted by Crippen LogP contribution is 2.34. The third-order valence-corrected chi connectivity index (χ3v) is 4.85. The fourth-order valence-electron chi connectivity index (χ4n) is 3.59. The van der Waals surface area contributed by atoms with E-state index in [4.69, 9.17) is 10.5 Å². The van der Waals surface area contributed by atoms with Crippen LogP contribution in [0.2, 0.25) is 0 Å². The second-order valence-corrected chi connectivity index (χ2v) is 6.69. The molecule has 1 saturated heterocycles. The lowest BCUT2D eigenvalue weighted by Crippen LogP contribution is -2.54. The van der Waals surface area contributed by atoms with Crippen LogP contribution in [0.4, 0.5) is 0 Å². The van der Waals surface area contributed by atoms with Crippen LogP contribution in [0.15, 0.2) is 0 Å². The number of carbonyl (C=O) groups excluding carboxylic acids is 1. The molecule has 5 heteroatoms. The molecule has 0 aromatic heterocycles. The number of morpholine rings is 1. The molecule has 20 heavy (non-hydrogen) atoms. The average molecular weight is 284 g/mol. The Morgan fingerprint density at radius 3 is 2.60 bits per heavy atom. The number of rotatable bonds is 2. The van der Waals surface area contributed by atoms with Crippen LogP contribution in [0.25, 0.3) is 0 Å². The molecule has 5 nitrogen and oxygen atoms in total. The minimum atomic E-state index is -0.255. The summed E-state index contributed by atoms with van der Waals surface area (Å²) in [4.78, 5) is 14.6. The molecule has 116 valence electrons. The van der Waals surface area contributed by atoms with Crippen LogP contribution in [0.3, 0.4) is 0 Å². The lowest BCUT2D eigenvalue weighted by atomic mass is 9.72. The van der Waals surface area contributed by atoms with E-state index < -0.39 is 0 Å². The summed E-state index contributed by atoms with van der Waals surface area (Å²) >= 11 is 0. The van der Waals surface area contributed by atoms with Crippen molar-refractivity contribution in [2.75, 3.05) is 19.7 Å². The molecular formula is C15H28N2O3. The Morgan fingerprint density at radius 2 is 1.95 bits per heavy atom. The van der Waals surface area contributed by atoms with Gasteiger partial charge in [0.15, 0.2) is 0 Å². The molecule has 0 bridgehead atoms. The first kappa shape index (κ1) is 15.7. The summed E-state index contributed by atoms with van der Waals surface area (Å²) < 4.78 is 5.60. The highest BCUT2D eigenvalue weighted by molar-refractivity contribution is 5.79. The number of hydrogen-bond acceptors (Lipinski definition) is 4. The number of nitrogens with zero attached hydrogens (tertiary/aromatic N) is 1. The second-order valence-electron chi connectivity index (χ2n) is 6.69. The summed E-state index contributed by atoms with van der Waals surface area (Å²) in [7, 11) is 0. The number of aliphatic hydroxyl groups excluding tert-OH is 1. The van der Waals surface area contributed by atoms with Crippen LogP contribution >= 0.6 is 0 Å². The Balaban J connectivity index is 2.02. The molecule has 0 spiro atoms. The monoisotopic (exact) mass is 284 g/mol. The lowest BCUT2D eigenvalue weighted by Gasteiger charge is -2.42. The third-order valence-electron chi connectivity index (χ3n) is 4.85. The maximum Gasteiger partial charge on any atom is 0.226 e. The molecule has 1 aliphatic carbocycles. The van der Waals surface area contributed by atoms with Gasteiger partial charge in [0.1, 0.15) is 0 Å². The molecule has 1 saturated carbocycles. The van der Waals surface area contributed by atoms with E-state index in [0.717, 1.165) is 12.8 Å². The number of carbonyl (C=O) groups is 1. The van der Waals surface area contributed by atoms with Crippen molar-refractivity contribution in [1.29, 1.82) is 0 Å². The standard InChI is InChI=1S/C15H28N2O3/c1-9-4-10(2)14(16)5-13(9)15(19)17-6-11(3)20-12(7-17)8-18/h9-14,18H,4-8,16H2,1-3H3. The number of amides is 1. The molecule has 0 aromatic rings. The first-order valence-electron chi connectivity index (χ1n) is 7.73. The molecule has 2 aliphatic rings. The topological polar surface area (TPSA) is 75.8 Å². The van der Waals surface area contributed by atoms with Crippen LogP contribution in [0, 0.1) is 17.8 Å². The summed E-state index contributed by atoms with van der Waals surface area (Å²) in [6.45, 7) is 7.33. The Bertz CT molecular complexity index is 350. The van der Waals surface area contributed by atoms with E-state index in [1.807, 2.05) is 11.8 Å². The predicted molar refractivity (Wildman–Crippen MR) is 77.0 cm³/mol. The zero-order valence-electron chi connectivity index (χ0n) is 12.8. The predicted octanol–water partition coefficient (Wildman–Crippen LogP) is 0.604. The molecule has 1 aliphatic heterocycles. The van der Waals surface area contributed by atoms with Crippen molar-refractivity contribution < 1.29 is 14.6 Å². The van der Waals surface area contributed by atoms with E-state index in [9.17, 15) is 9.90 Å². The van der Waals surface area contributed by atoms with E-state index >= 15 is 0 Å². The van der Waals surface area contributed by atoms with Gasteiger partial charge in [-0.3, -0.25) is 4.79 Å². The van der Waals surface area contributed by atoms with Gasteiger partial charge in [-0.25, -0.2) is 0 Å². The molecule has 6 unspecified atom stereocenters. The smallest absolute Gasteiger partial charge is 0.226 e. The van der Waals surface area contributed by atoms with Gasteiger partial charge < -0.3 is 20.5 Å². The fraction of sp³-hybridized carbons (Fsp3) is 0.933. The molecule has 2 rings (SSSR count). The average Bonchev–Trinajstić information content (AvgIpc) is 2.41. The number of nitrogens with two attached hydrogens (primary N) is 1. The Kier molecular flexibility index (Phi) is 5.04. The molecule has 1 heterocycles. The quantitative estimate of drug-likeness (QED) is 0.779. The molecule has 1 amide bonds. The van der Waals surface area contributed by atoms with Crippen LogP contribution < -0.4 is 5.73 Å². The number of aliphatic hydroxyl groups is 1. The van der Waals surface area contributed by atoms with Crippen molar-refractivity contribution in [3.05, 3.63) is 0 Å². The molecule has 2 fully saturated rings. The normalized spacial score (nSPS) is 42.5. The summed E-state index contributed by atoms with van der Waals surface area (Å²) in [5, 5.41) is 9.26. The van der Waals surface area contributed by atoms with E-state index in [1.54, 1.807) is 0 Å². The number of ether oxygens (including phenoxy) is 1. The summed E-state index contributed by atoms with van der Waals surface area (Å²) in [5.74, 6) is 1.07. The van der Waals surface area contributed by atoms with Crippen LogP contribution in [0.5, 0.6) is 0 Å². The first-order valence-corrected chi connectivity index (χ1v) is 7.73. The van der Waals surface area contributed by atoms with Crippen molar-refractivity contribution in [1.82, 2.24) is 4.90 Å². The summed E-state index contributed by atoms with van der Waals surface area (Å²) in [6.07, 6.45) is 1.52. The molecule has 6 atom stereocenters. The van der Waals surface area contributed by atoms with Crippen LogP contribution in [-0.2, 0) is 9.53 Å². The Labute approximate surface area is 121 Å². The second kappa shape index (κ2) is 6.41. The van der Waals surface area contributed by atoms with Crippen LogP contribution in [-0.4, -0.2) is 53.9 Å². The van der Waals surface area contributed by atoms with Gasteiger partial charge in [0.25, 0.3) is 0 Å². The third kappa shape index (κ3) is 3.32. The fourth-order valence-corrected chi connectivity index (χ4v) is 3.59. The Morgan fingerprint density at radius 1 is 1.25 bits per heavy atom. The van der Waals surface area contributed by atoms with Crippen molar-refractivity contribution in [3.63, 3.8) is 0 Å². The van der Waals surface area contributed by atoms with Gasteiger partial charge in [0.2, 0.25) is 5.91 Å². The summed E-state index contributed by atoms with van der Waals surface area (Å²) in [5.41, 5.74) is 6.14. The molecule has 3 N–H and O–H groups in total. The maximum atomic E-state index is 12.8. The minimum absolute atomic E-state index is 0.0173. The van der Waals surface area contributed by atoms with Gasteiger partial charge in [-0.05, 0) is 31.6 Å². The van der Waals surface area contributed by atoms with Gasteiger partial charge in [-0.1, -0.05) is 13.8 Å². The van der Waals surface area contributed by atoms with Gasteiger partial charge in [-0.15, -0.1) is 0 Å². The van der Waals surface area contributed by atoms with E-state index in [2.05, 4.69) is 13.8 Å². The first-order chi connectivity index (χ1) is 9.42. The van der Waals surface area contributed by atoms with E-state index in [1.165, 1.54) is 0 Å². The van der Waals surface area contributed by atoms with E-state index in [-0.39, 0.29) is 36.7 Å².